The second-order valence-corrected chi connectivity index (χ2v) is 3.86. The highest BCUT2D eigenvalue weighted by Crippen LogP contribution is 2.16. The number of hydrogen-bond donors (Lipinski definition) is 2. The van der Waals surface area contributed by atoms with Gasteiger partial charge in [-0.05, 0) is 25.1 Å². The third-order valence-corrected chi connectivity index (χ3v) is 2.46. The summed E-state index contributed by atoms with van der Waals surface area (Å²) in [6.07, 6.45) is 6.32. The van der Waals surface area contributed by atoms with Crippen molar-refractivity contribution < 1.29 is 5.11 Å². The predicted molar refractivity (Wildman–Crippen MR) is 63.1 cm³/mol. The Kier molecular flexibility index (Phi) is 2.77. The summed E-state index contributed by atoms with van der Waals surface area (Å²) in [5.74, 6) is 0.433. The van der Waals surface area contributed by atoms with Crippen LogP contribution in [-0.4, -0.2) is 11.1 Å². The van der Waals surface area contributed by atoms with Gasteiger partial charge in [0.1, 0.15) is 0 Å². The van der Waals surface area contributed by atoms with Gasteiger partial charge in [-0.1, -0.05) is 29.8 Å². The summed E-state index contributed by atoms with van der Waals surface area (Å²) in [4.78, 5) is 0. The SMILES string of the molecule is Cc1ccc(NC2C=CC=C(O)C2)cc1. The maximum Gasteiger partial charge on any atom is 0.0946 e. The van der Waals surface area contributed by atoms with Crippen molar-refractivity contribution in [2.75, 3.05) is 5.32 Å². The van der Waals surface area contributed by atoms with Crippen molar-refractivity contribution in [3.8, 4) is 0 Å². The van der Waals surface area contributed by atoms with Crippen LogP contribution in [0.2, 0.25) is 0 Å². The molecular weight excluding hydrogens is 186 g/mol. The minimum atomic E-state index is 0.192. The molecule has 0 saturated carbocycles. The molecule has 0 aromatic heterocycles. The molecule has 2 rings (SSSR count). The zero-order chi connectivity index (χ0) is 10.7. The lowest BCUT2D eigenvalue weighted by molar-refractivity contribution is 0.383. The molecule has 0 aliphatic heterocycles. The Morgan fingerprint density at radius 1 is 1.27 bits per heavy atom. The summed E-state index contributed by atoms with van der Waals surface area (Å²) in [7, 11) is 0. The van der Waals surface area contributed by atoms with E-state index in [9.17, 15) is 5.11 Å². The van der Waals surface area contributed by atoms with Crippen molar-refractivity contribution in [1.82, 2.24) is 0 Å². The van der Waals surface area contributed by atoms with Crippen LogP contribution in [-0.2, 0) is 0 Å². The lowest BCUT2D eigenvalue weighted by atomic mass is 10.1. The van der Waals surface area contributed by atoms with Crippen molar-refractivity contribution in [2.45, 2.75) is 19.4 Å². The highest BCUT2D eigenvalue weighted by Gasteiger charge is 2.09. The summed E-state index contributed by atoms with van der Waals surface area (Å²) >= 11 is 0. The lowest BCUT2D eigenvalue weighted by Gasteiger charge is -2.18. The van der Waals surface area contributed by atoms with Crippen LogP contribution in [0.1, 0.15) is 12.0 Å². The van der Waals surface area contributed by atoms with E-state index < -0.39 is 0 Å². The quantitative estimate of drug-likeness (QED) is 0.770. The fourth-order valence-corrected chi connectivity index (χ4v) is 1.63. The van der Waals surface area contributed by atoms with E-state index in [2.05, 4.69) is 42.6 Å². The molecule has 0 radical (unpaired) electrons. The molecule has 1 aliphatic rings. The Morgan fingerprint density at radius 2 is 2.00 bits per heavy atom. The highest BCUT2D eigenvalue weighted by atomic mass is 16.3. The largest absolute Gasteiger partial charge is 0.512 e. The van der Waals surface area contributed by atoms with Crippen LogP contribution < -0.4 is 5.32 Å². The summed E-state index contributed by atoms with van der Waals surface area (Å²) in [5.41, 5.74) is 2.34. The van der Waals surface area contributed by atoms with Gasteiger partial charge in [-0.15, -0.1) is 0 Å². The lowest BCUT2D eigenvalue weighted by Crippen LogP contribution is -2.19. The number of nitrogens with one attached hydrogen (secondary N) is 1. The number of rotatable bonds is 2. The first kappa shape index (κ1) is 9.84. The van der Waals surface area contributed by atoms with Crippen LogP contribution in [0.15, 0.2) is 48.3 Å². The maximum absolute atomic E-state index is 9.37. The molecule has 1 aliphatic carbocycles. The number of hydrogen-bond acceptors (Lipinski definition) is 2. The van der Waals surface area contributed by atoms with Crippen molar-refractivity contribution in [3.63, 3.8) is 0 Å². The van der Waals surface area contributed by atoms with Crippen molar-refractivity contribution in [3.05, 3.63) is 53.8 Å². The molecule has 78 valence electrons. The van der Waals surface area contributed by atoms with Gasteiger partial charge >= 0.3 is 0 Å². The van der Waals surface area contributed by atoms with Gasteiger partial charge in [0.2, 0.25) is 0 Å². The van der Waals surface area contributed by atoms with Crippen LogP contribution in [0.5, 0.6) is 0 Å². The smallest absolute Gasteiger partial charge is 0.0946 e. The summed E-state index contributed by atoms with van der Waals surface area (Å²) in [6, 6.07) is 8.45. The molecule has 0 fully saturated rings. The Bertz CT molecular complexity index is 390. The number of aliphatic hydroxyl groups is 1. The fraction of sp³-hybridized carbons (Fsp3) is 0.231. The van der Waals surface area contributed by atoms with Gasteiger partial charge in [0.15, 0.2) is 0 Å². The first-order chi connectivity index (χ1) is 7.24. The van der Waals surface area contributed by atoms with Gasteiger partial charge in [-0.2, -0.15) is 0 Å². The van der Waals surface area contributed by atoms with Gasteiger partial charge in [-0.25, -0.2) is 0 Å². The third-order valence-electron chi connectivity index (χ3n) is 2.46. The van der Waals surface area contributed by atoms with Gasteiger partial charge in [0.25, 0.3) is 0 Å². The first-order valence-electron chi connectivity index (χ1n) is 5.13. The molecule has 2 nitrogen and oxygen atoms in total. The standard InChI is InChI=1S/C13H15NO/c1-10-5-7-11(8-6-10)14-12-3-2-4-13(15)9-12/h2-8,12,14-15H,9H2,1H3. The first-order valence-corrected chi connectivity index (χ1v) is 5.13. The van der Waals surface area contributed by atoms with E-state index in [-0.39, 0.29) is 6.04 Å². The maximum atomic E-state index is 9.37. The van der Waals surface area contributed by atoms with Crippen molar-refractivity contribution >= 4 is 5.69 Å². The van der Waals surface area contributed by atoms with E-state index in [1.54, 1.807) is 6.08 Å². The van der Waals surface area contributed by atoms with E-state index in [4.69, 9.17) is 0 Å². The number of allylic oxidation sites excluding steroid dienone is 2. The monoisotopic (exact) mass is 201 g/mol. The Morgan fingerprint density at radius 3 is 2.67 bits per heavy atom. The molecule has 15 heavy (non-hydrogen) atoms. The molecule has 0 bridgehead atoms. The molecule has 0 saturated heterocycles. The molecule has 2 heteroatoms. The minimum Gasteiger partial charge on any atom is -0.512 e. The van der Waals surface area contributed by atoms with Crippen LogP contribution in [0, 0.1) is 6.92 Å². The zero-order valence-electron chi connectivity index (χ0n) is 8.77. The van der Waals surface area contributed by atoms with Crippen LogP contribution in [0.3, 0.4) is 0 Å². The second-order valence-electron chi connectivity index (χ2n) is 3.86. The molecule has 1 aromatic carbocycles. The van der Waals surface area contributed by atoms with Crippen LogP contribution >= 0.6 is 0 Å². The molecule has 0 heterocycles. The van der Waals surface area contributed by atoms with Crippen LogP contribution in [0.4, 0.5) is 5.69 Å². The second kappa shape index (κ2) is 4.22. The van der Waals surface area contributed by atoms with Crippen molar-refractivity contribution in [1.29, 1.82) is 0 Å². The number of aliphatic hydroxyl groups excluding tert-OH is 1. The summed E-state index contributed by atoms with van der Waals surface area (Å²) in [5, 5.41) is 12.7. The summed E-state index contributed by atoms with van der Waals surface area (Å²) < 4.78 is 0. The molecular formula is C13H15NO. The number of aryl methyl sites for hydroxylation is 1. The normalized spacial score (nSPS) is 19.8. The molecule has 1 atom stereocenters. The van der Waals surface area contributed by atoms with E-state index in [0.717, 1.165) is 5.69 Å². The fourth-order valence-electron chi connectivity index (χ4n) is 1.63. The van der Waals surface area contributed by atoms with E-state index in [0.29, 0.717) is 12.2 Å². The average molecular weight is 201 g/mol. The Balaban J connectivity index is 2.01. The number of anilines is 1. The molecule has 0 spiro atoms. The van der Waals surface area contributed by atoms with Gasteiger partial charge in [-0.3, -0.25) is 0 Å². The Labute approximate surface area is 89.9 Å². The highest BCUT2D eigenvalue weighted by molar-refractivity contribution is 5.46. The van der Waals surface area contributed by atoms with Crippen LogP contribution in [0.25, 0.3) is 0 Å². The Hall–Kier alpha value is -1.70. The molecule has 0 amide bonds. The van der Waals surface area contributed by atoms with Gasteiger partial charge in [0, 0.05) is 12.1 Å². The zero-order valence-corrected chi connectivity index (χ0v) is 8.77. The predicted octanol–water partition coefficient (Wildman–Crippen LogP) is 3.18. The number of benzene rings is 1. The van der Waals surface area contributed by atoms with Gasteiger partial charge < -0.3 is 10.4 Å². The summed E-state index contributed by atoms with van der Waals surface area (Å²) in [6.45, 7) is 2.07. The third kappa shape index (κ3) is 2.62. The molecule has 1 unspecified atom stereocenters. The topological polar surface area (TPSA) is 32.3 Å². The minimum absolute atomic E-state index is 0.192. The van der Waals surface area contributed by atoms with E-state index in [1.165, 1.54) is 5.56 Å². The van der Waals surface area contributed by atoms with E-state index >= 15 is 0 Å². The van der Waals surface area contributed by atoms with Gasteiger partial charge in [0.05, 0.1) is 11.8 Å². The molecule has 2 N–H and O–H groups in total. The molecule has 1 aromatic rings. The average Bonchev–Trinajstić information content (AvgIpc) is 2.22. The van der Waals surface area contributed by atoms with E-state index in [1.807, 2.05) is 6.08 Å². The van der Waals surface area contributed by atoms with Crippen molar-refractivity contribution in [2.24, 2.45) is 0 Å².